The number of para-hydroxylation sites is 1. The predicted octanol–water partition coefficient (Wildman–Crippen LogP) is 4.81. The van der Waals surface area contributed by atoms with Gasteiger partial charge in [-0.2, -0.15) is 0 Å². The van der Waals surface area contributed by atoms with Crippen LogP contribution in [0.1, 0.15) is 52.3 Å². The predicted molar refractivity (Wildman–Crippen MR) is 116 cm³/mol. The summed E-state index contributed by atoms with van der Waals surface area (Å²) in [6.07, 6.45) is 7.01. The van der Waals surface area contributed by atoms with Gasteiger partial charge < -0.3 is 9.36 Å². The molecule has 0 aliphatic heterocycles. The number of pyridine rings is 1. The van der Waals surface area contributed by atoms with E-state index >= 15 is 0 Å². The zero-order valence-electron chi connectivity index (χ0n) is 17.9. The fraction of sp³-hybridized carbons (Fsp3) is 0.545. The van der Waals surface area contributed by atoms with Gasteiger partial charge in [0.05, 0.1) is 10.9 Å². The van der Waals surface area contributed by atoms with Crippen LogP contribution in [0.2, 0.25) is 18.1 Å². The molecular weight excluding hydrogens is 366 g/mol. The molecule has 0 radical (unpaired) electrons. The van der Waals surface area contributed by atoms with E-state index in [0.717, 1.165) is 66.4 Å². The van der Waals surface area contributed by atoms with E-state index in [-0.39, 0.29) is 5.04 Å². The maximum Gasteiger partial charge on any atom is 0.266 e. The lowest BCUT2D eigenvalue weighted by Gasteiger charge is -2.35. The van der Waals surface area contributed by atoms with Crippen LogP contribution in [0, 0.1) is 0 Å². The summed E-state index contributed by atoms with van der Waals surface area (Å²) in [6, 6.07) is 7.93. The summed E-state index contributed by atoms with van der Waals surface area (Å²) < 4.78 is 3.50. The lowest BCUT2D eigenvalue weighted by molar-refractivity contribution is -0.883. The lowest BCUT2D eigenvalue weighted by Crippen LogP contribution is -2.38. The monoisotopic (exact) mass is 400 g/mol. The molecule has 0 bridgehead atoms. The van der Waals surface area contributed by atoms with Crippen LogP contribution in [0.25, 0.3) is 21.9 Å². The fourth-order valence-corrected chi connectivity index (χ4v) is 4.57. The third-order valence-corrected chi connectivity index (χ3v) is 9.94. The Morgan fingerprint density at radius 1 is 1.14 bits per heavy atom. The molecule has 3 rings (SSSR count). The highest BCUT2D eigenvalue weighted by molar-refractivity contribution is 6.72. The van der Waals surface area contributed by atoms with Crippen molar-refractivity contribution in [2.75, 3.05) is 0 Å². The maximum atomic E-state index is 10.5. The number of aromatic nitrogens is 3. The zero-order valence-corrected chi connectivity index (χ0v) is 18.9. The molecule has 2 N–H and O–H groups in total. The van der Waals surface area contributed by atoms with Crippen molar-refractivity contribution in [3.05, 3.63) is 36.3 Å². The number of rotatable bonds is 8. The number of aryl methyl sites for hydroxylation is 2. The molecule has 0 atom stereocenters. The Morgan fingerprint density at radius 3 is 2.54 bits per heavy atom. The van der Waals surface area contributed by atoms with Crippen molar-refractivity contribution in [2.24, 2.45) is 0 Å². The number of imidazole rings is 1. The summed E-state index contributed by atoms with van der Waals surface area (Å²) in [7, 11) is -2.13. The van der Waals surface area contributed by atoms with Crippen LogP contribution in [-0.4, -0.2) is 27.9 Å². The first-order valence-electron chi connectivity index (χ1n) is 10.4. The lowest BCUT2D eigenvalue weighted by atomic mass is 10.0. The number of fused-ring (bicyclic) bond motifs is 3. The second-order valence-electron chi connectivity index (χ2n) is 9.01. The second kappa shape index (κ2) is 7.83. The van der Waals surface area contributed by atoms with E-state index in [1.165, 1.54) is 4.73 Å². The van der Waals surface area contributed by atoms with Gasteiger partial charge in [-0.3, -0.25) is 5.21 Å². The second-order valence-corrected chi connectivity index (χ2v) is 13.5. The smallest absolute Gasteiger partial charge is 0.266 e. The molecule has 2 aromatic heterocycles. The van der Waals surface area contributed by atoms with Gasteiger partial charge in [0.15, 0.2) is 13.8 Å². The third-order valence-electron chi connectivity index (χ3n) is 6.38. The molecule has 152 valence electrons. The Morgan fingerprint density at radius 2 is 1.86 bits per heavy atom. The average Bonchev–Trinajstić information content (AvgIpc) is 2.98. The van der Waals surface area contributed by atoms with Crippen LogP contribution in [0.5, 0.6) is 0 Å². The number of nitrogens with zero attached hydrogens (tertiary/aromatic N) is 3. The number of benzene rings is 1. The van der Waals surface area contributed by atoms with Gasteiger partial charge in [-0.15, -0.1) is 0 Å². The van der Waals surface area contributed by atoms with Crippen LogP contribution in [0.4, 0.5) is 0 Å². The van der Waals surface area contributed by atoms with E-state index in [2.05, 4.69) is 31.4 Å². The van der Waals surface area contributed by atoms with E-state index in [4.69, 9.17) is 4.98 Å². The van der Waals surface area contributed by atoms with Gasteiger partial charge >= 0.3 is 0 Å². The van der Waals surface area contributed by atoms with Crippen molar-refractivity contribution in [1.82, 2.24) is 9.55 Å². The Bertz CT molecular complexity index is 973. The summed E-state index contributed by atoms with van der Waals surface area (Å²) in [5.41, 5.74) is 2.75. The number of hydrogen-bond donors (Lipinski definition) is 2. The molecule has 0 amide bonds. The van der Waals surface area contributed by atoms with Crippen LogP contribution in [0.15, 0.2) is 30.5 Å². The van der Waals surface area contributed by atoms with Gasteiger partial charge in [0.1, 0.15) is 5.82 Å². The molecule has 6 heteroatoms. The highest BCUT2D eigenvalue weighted by Gasteiger charge is 2.37. The van der Waals surface area contributed by atoms with Crippen LogP contribution < -0.4 is 4.73 Å². The minimum Gasteiger partial charge on any atom is -0.432 e. The summed E-state index contributed by atoms with van der Waals surface area (Å²) >= 11 is 0. The fourth-order valence-electron chi connectivity index (χ4n) is 3.78. The van der Waals surface area contributed by atoms with Crippen molar-refractivity contribution in [3.8, 4) is 0 Å². The van der Waals surface area contributed by atoms with Gasteiger partial charge in [-0.25, -0.2) is 4.98 Å². The van der Waals surface area contributed by atoms with Crippen molar-refractivity contribution in [3.63, 3.8) is 0 Å². The summed E-state index contributed by atoms with van der Waals surface area (Å²) in [4.78, 5) is 15.2. The standard InChI is InChI=1S/C22H34N3O2Si/c1-6-20-23-18-16-25(26)19-13-9-8-12-17(19)21(18)24(20)15-11-7-10-14-22(2,3)28(4,5)27/h8-9,12-13,16,26-27H,6-7,10-11,14-15H2,1-5H3/q+1. The SMILES string of the molecule is CCc1nc2c[n+](O)c3ccccc3c2n1CCCCCC(C)(C)[Si](C)(C)O. The quantitative estimate of drug-likeness (QED) is 0.247. The summed E-state index contributed by atoms with van der Waals surface area (Å²) in [5.74, 6) is 1.07. The van der Waals surface area contributed by atoms with Gasteiger partial charge in [-0.1, -0.05) is 45.7 Å². The molecule has 0 saturated carbocycles. The van der Waals surface area contributed by atoms with Crippen molar-refractivity contribution < 1.29 is 14.7 Å². The van der Waals surface area contributed by atoms with E-state index in [1.54, 1.807) is 6.20 Å². The number of hydrogen-bond acceptors (Lipinski definition) is 3. The molecule has 0 fully saturated rings. The molecule has 0 unspecified atom stereocenters. The molecule has 0 saturated heterocycles. The Labute approximate surface area is 168 Å². The van der Waals surface area contributed by atoms with E-state index < -0.39 is 8.32 Å². The Hall–Kier alpha value is -1.92. The summed E-state index contributed by atoms with van der Waals surface area (Å²) in [6.45, 7) is 11.5. The first-order chi connectivity index (χ1) is 13.2. The third kappa shape index (κ3) is 3.94. The van der Waals surface area contributed by atoms with Crippen LogP contribution in [-0.2, 0) is 13.0 Å². The molecular formula is C22H34N3O2Si+. The maximum absolute atomic E-state index is 10.5. The minimum absolute atomic E-state index is 0.0498. The molecule has 0 aliphatic carbocycles. The molecule has 0 spiro atoms. The largest absolute Gasteiger partial charge is 0.432 e. The van der Waals surface area contributed by atoms with E-state index in [9.17, 15) is 10.0 Å². The van der Waals surface area contributed by atoms with Gasteiger partial charge in [0.2, 0.25) is 0 Å². The molecule has 0 aliphatic rings. The molecule has 3 aromatic rings. The normalized spacial score (nSPS) is 12.9. The first kappa shape index (κ1) is 20.8. The van der Waals surface area contributed by atoms with E-state index in [0.29, 0.717) is 0 Å². The van der Waals surface area contributed by atoms with E-state index in [1.807, 2.05) is 31.3 Å². The van der Waals surface area contributed by atoms with Crippen LogP contribution >= 0.6 is 0 Å². The van der Waals surface area contributed by atoms with Crippen molar-refractivity contribution in [2.45, 2.75) is 77.6 Å². The Balaban J connectivity index is 1.79. The topological polar surface area (TPSA) is 62.2 Å². The molecule has 2 heterocycles. The van der Waals surface area contributed by atoms with Gasteiger partial charge in [0.25, 0.3) is 11.7 Å². The van der Waals surface area contributed by atoms with Gasteiger partial charge in [-0.05, 0) is 37.0 Å². The van der Waals surface area contributed by atoms with Crippen molar-refractivity contribution in [1.29, 1.82) is 0 Å². The first-order valence-corrected chi connectivity index (χ1v) is 13.3. The van der Waals surface area contributed by atoms with Gasteiger partial charge in [0, 0.05) is 23.8 Å². The highest BCUT2D eigenvalue weighted by Crippen LogP contribution is 2.40. The Kier molecular flexibility index (Phi) is 5.82. The summed E-state index contributed by atoms with van der Waals surface area (Å²) in [5, 5.41) is 11.4. The zero-order chi connectivity index (χ0) is 20.5. The molecule has 1 aromatic carbocycles. The average molecular weight is 401 g/mol. The highest BCUT2D eigenvalue weighted by atomic mass is 28.4. The minimum atomic E-state index is -2.13. The van der Waals surface area contributed by atoms with Crippen LogP contribution in [0.3, 0.4) is 0 Å². The van der Waals surface area contributed by atoms with Crippen molar-refractivity contribution >= 4 is 30.3 Å². The number of unbranched alkanes of at least 4 members (excludes halogenated alkanes) is 2. The molecule has 28 heavy (non-hydrogen) atoms. The molecule has 5 nitrogen and oxygen atoms in total.